The molecule has 0 saturated carbocycles. The van der Waals surface area contributed by atoms with Gasteiger partial charge >= 0.3 is 12.1 Å². The minimum absolute atomic E-state index is 0.171. The molecule has 0 atom stereocenters. The fourth-order valence-corrected chi connectivity index (χ4v) is 3.84. The SMILES string of the molecule is COc1ccc(C)cc1COC(=O)CNS(=O)(=O)c1cc(C(F)(F)F)ccc1Cl. The first-order chi connectivity index (χ1) is 13.4. The summed E-state index contributed by atoms with van der Waals surface area (Å²) in [5.74, 6) is -0.444. The van der Waals surface area contributed by atoms with E-state index < -0.39 is 44.2 Å². The van der Waals surface area contributed by atoms with Crippen molar-refractivity contribution in [1.82, 2.24) is 4.72 Å². The predicted molar refractivity (Wildman–Crippen MR) is 99.2 cm³/mol. The second-order valence-corrected chi connectivity index (χ2v) is 8.09. The monoisotopic (exact) mass is 451 g/mol. The maximum Gasteiger partial charge on any atom is 0.416 e. The van der Waals surface area contributed by atoms with Crippen molar-refractivity contribution in [2.75, 3.05) is 13.7 Å². The zero-order chi connectivity index (χ0) is 21.8. The normalized spacial score (nSPS) is 11.9. The topological polar surface area (TPSA) is 81.7 Å². The van der Waals surface area contributed by atoms with Gasteiger partial charge in [-0.1, -0.05) is 23.2 Å². The number of benzene rings is 2. The van der Waals surface area contributed by atoms with Crippen molar-refractivity contribution >= 4 is 27.6 Å². The van der Waals surface area contributed by atoms with Gasteiger partial charge in [0.2, 0.25) is 10.0 Å². The van der Waals surface area contributed by atoms with Gasteiger partial charge in [0, 0.05) is 5.56 Å². The second-order valence-electron chi connectivity index (χ2n) is 5.94. The molecule has 158 valence electrons. The number of methoxy groups -OCH3 is 1. The van der Waals surface area contributed by atoms with Crippen molar-refractivity contribution in [2.45, 2.75) is 24.6 Å². The fourth-order valence-electron chi connectivity index (χ4n) is 2.35. The molecule has 0 aliphatic rings. The van der Waals surface area contributed by atoms with Crippen LogP contribution in [0.2, 0.25) is 5.02 Å². The number of halogens is 4. The number of alkyl halides is 3. The Morgan fingerprint density at radius 3 is 2.48 bits per heavy atom. The molecule has 2 rings (SSSR count). The lowest BCUT2D eigenvalue weighted by atomic mass is 10.1. The molecule has 0 saturated heterocycles. The molecular formula is C18H17ClF3NO5S. The number of hydrogen-bond acceptors (Lipinski definition) is 5. The van der Waals surface area contributed by atoms with Gasteiger partial charge in [-0.05, 0) is 37.3 Å². The molecule has 11 heteroatoms. The molecule has 6 nitrogen and oxygen atoms in total. The number of ether oxygens (including phenoxy) is 2. The van der Waals surface area contributed by atoms with Crippen LogP contribution in [0.15, 0.2) is 41.3 Å². The Bertz CT molecular complexity index is 1010. The summed E-state index contributed by atoms with van der Waals surface area (Å²) < 4.78 is 75.0. The standard InChI is InChI=1S/C18H17ClF3NO5S/c1-11-3-6-15(27-2)12(7-11)10-28-17(24)9-23-29(25,26)16-8-13(18(20,21)22)4-5-14(16)19/h3-8,23H,9-10H2,1-2H3. The van der Waals surface area contributed by atoms with Crippen molar-refractivity contribution in [1.29, 1.82) is 0 Å². The van der Waals surface area contributed by atoms with E-state index in [0.29, 0.717) is 23.4 Å². The van der Waals surface area contributed by atoms with E-state index in [2.05, 4.69) is 0 Å². The maximum atomic E-state index is 12.8. The molecule has 2 aromatic carbocycles. The van der Waals surface area contributed by atoms with Gasteiger partial charge in [0.1, 0.15) is 23.8 Å². The van der Waals surface area contributed by atoms with Gasteiger partial charge < -0.3 is 9.47 Å². The van der Waals surface area contributed by atoms with Crippen molar-refractivity contribution in [3.63, 3.8) is 0 Å². The first kappa shape index (κ1) is 23.0. The van der Waals surface area contributed by atoms with Crippen LogP contribution in [-0.4, -0.2) is 28.0 Å². The van der Waals surface area contributed by atoms with Crippen LogP contribution in [0.5, 0.6) is 5.75 Å². The molecular weight excluding hydrogens is 435 g/mol. The molecule has 0 amide bonds. The molecule has 0 radical (unpaired) electrons. The van der Waals surface area contributed by atoms with E-state index in [-0.39, 0.29) is 6.61 Å². The number of aryl methyl sites for hydroxylation is 1. The smallest absolute Gasteiger partial charge is 0.416 e. The van der Waals surface area contributed by atoms with E-state index in [9.17, 15) is 26.4 Å². The van der Waals surface area contributed by atoms with Crippen LogP contribution in [0.25, 0.3) is 0 Å². The van der Waals surface area contributed by atoms with E-state index in [4.69, 9.17) is 21.1 Å². The second kappa shape index (κ2) is 9.02. The number of carbonyl (C=O) groups excluding carboxylic acids is 1. The summed E-state index contributed by atoms with van der Waals surface area (Å²) in [6.07, 6.45) is -4.75. The van der Waals surface area contributed by atoms with Crippen LogP contribution in [0.1, 0.15) is 16.7 Å². The van der Waals surface area contributed by atoms with Gasteiger partial charge in [-0.25, -0.2) is 8.42 Å². The average Bonchev–Trinajstić information content (AvgIpc) is 2.64. The van der Waals surface area contributed by atoms with Gasteiger partial charge in [0.25, 0.3) is 0 Å². The number of hydrogen-bond donors (Lipinski definition) is 1. The maximum absolute atomic E-state index is 12.8. The summed E-state index contributed by atoms with van der Waals surface area (Å²) in [6, 6.07) is 7.10. The Labute approximate surface area is 170 Å². The quantitative estimate of drug-likeness (QED) is 0.649. The van der Waals surface area contributed by atoms with E-state index in [1.807, 2.05) is 11.6 Å². The van der Waals surface area contributed by atoms with Gasteiger partial charge in [0.15, 0.2) is 0 Å². The highest BCUT2D eigenvalue weighted by molar-refractivity contribution is 7.89. The minimum Gasteiger partial charge on any atom is -0.496 e. The van der Waals surface area contributed by atoms with Crippen LogP contribution >= 0.6 is 11.6 Å². The first-order valence-electron chi connectivity index (χ1n) is 8.09. The van der Waals surface area contributed by atoms with Gasteiger partial charge in [0.05, 0.1) is 17.7 Å². The van der Waals surface area contributed by atoms with E-state index in [1.165, 1.54) is 7.11 Å². The third-order valence-corrected chi connectivity index (χ3v) is 5.66. The highest BCUT2D eigenvalue weighted by atomic mass is 35.5. The molecule has 0 aromatic heterocycles. The third-order valence-electron chi connectivity index (χ3n) is 3.78. The predicted octanol–water partition coefficient (Wildman–Crippen LogP) is 3.70. The van der Waals surface area contributed by atoms with Gasteiger partial charge in [-0.15, -0.1) is 0 Å². The van der Waals surface area contributed by atoms with Gasteiger partial charge in [-0.2, -0.15) is 17.9 Å². The van der Waals surface area contributed by atoms with Crippen molar-refractivity contribution < 1.29 is 35.9 Å². The summed E-state index contributed by atoms with van der Waals surface area (Å²) in [5, 5.41) is -0.414. The van der Waals surface area contributed by atoms with E-state index in [0.717, 1.165) is 11.6 Å². The lowest BCUT2D eigenvalue weighted by molar-refractivity contribution is -0.143. The summed E-state index contributed by atoms with van der Waals surface area (Å²) in [4.78, 5) is 11.1. The molecule has 1 N–H and O–H groups in total. The minimum atomic E-state index is -4.75. The molecule has 0 aliphatic carbocycles. The third kappa shape index (κ3) is 6.09. The van der Waals surface area contributed by atoms with Crippen LogP contribution < -0.4 is 9.46 Å². The fraction of sp³-hybridized carbons (Fsp3) is 0.278. The molecule has 29 heavy (non-hydrogen) atoms. The molecule has 0 heterocycles. The van der Waals surface area contributed by atoms with Crippen LogP contribution in [0.4, 0.5) is 13.2 Å². The lowest BCUT2D eigenvalue weighted by Gasteiger charge is -2.12. The summed E-state index contributed by atoms with van der Waals surface area (Å²) in [6.45, 7) is 0.871. The Kier molecular flexibility index (Phi) is 7.15. The number of esters is 1. The Balaban J connectivity index is 2.06. The summed E-state index contributed by atoms with van der Waals surface area (Å²) in [7, 11) is -3.03. The molecule has 0 bridgehead atoms. The van der Waals surface area contributed by atoms with Crippen LogP contribution in [0, 0.1) is 6.92 Å². The number of sulfonamides is 1. The van der Waals surface area contributed by atoms with Gasteiger partial charge in [-0.3, -0.25) is 4.79 Å². The average molecular weight is 452 g/mol. The highest BCUT2D eigenvalue weighted by Crippen LogP contribution is 2.33. The Morgan fingerprint density at radius 2 is 1.86 bits per heavy atom. The van der Waals surface area contributed by atoms with Crippen molar-refractivity contribution in [3.05, 3.63) is 58.1 Å². The zero-order valence-corrected chi connectivity index (χ0v) is 16.9. The van der Waals surface area contributed by atoms with Crippen LogP contribution in [0.3, 0.4) is 0 Å². The molecule has 0 aliphatic heterocycles. The van der Waals surface area contributed by atoms with Crippen LogP contribution in [-0.2, 0) is 32.3 Å². The van der Waals surface area contributed by atoms with Crippen molar-refractivity contribution in [2.24, 2.45) is 0 Å². The summed E-state index contributed by atoms with van der Waals surface area (Å²) in [5.41, 5.74) is 0.290. The molecule has 0 spiro atoms. The number of nitrogens with one attached hydrogen (secondary N) is 1. The summed E-state index contributed by atoms with van der Waals surface area (Å²) >= 11 is 5.72. The zero-order valence-electron chi connectivity index (χ0n) is 15.3. The molecule has 0 unspecified atom stereocenters. The highest BCUT2D eigenvalue weighted by Gasteiger charge is 2.32. The number of carbonyl (C=O) groups is 1. The first-order valence-corrected chi connectivity index (χ1v) is 9.95. The Morgan fingerprint density at radius 1 is 1.17 bits per heavy atom. The van der Waals surface area contributed by atoms with Crippen molar-refractivity contribution in [3.8, 4) is 5.75 Å². The van der Waals surface area contributed by atoms with E-state index >= 15 is 0 Å². The number of rotatable bonds is 7. The largest absolute Gasteiger partial charge is 0.496 e. The molecule has 0 fully saturated rings. The Hall–Kier alpha value is -2.30. The van der Waals surface area contributed by atoms with E-state index in [1.54, 1.807) is 18.2 Å². The molecule has 2 aromatic rings. The lowest BCUT2D eigenvalue weighted by Crippen LogP contribution is -2.31.